The lowest BCUT2D eigenvalue weighted by Gasteiger charge is -2.17. The van der Waals surface area contributed by atoms with Crippen molar-refractivity contribution >= 4 is 28.1 Å². The Bertz CT molecular complexity index is 794. The number of benzene rings is 3. The number of carbonyl (C=O) groups is 1. The second-order valence-corrected chi connectivity index (χ2v) is 5.02. The molecule has 0 aliphatic rings. The third-order valence-corrected chi connectivity index (χ3v) is 3.58. The molecule has 0 fully saturated rings. The van der Waals surface area contributed by atoms with E-state index in [-0.39, 0.29) is 5.91 Å². The summed E-state index contributed by atoms with van der Waals surface area (Å²) in [6.07, 6.45) is 0. The van der Waals surface area contributed by atoms with Crippen LogP contribution in [0.25, 0.3) is 10.8 Å². The van der Waals surface area contributed by atoms with Gasteiger partial charge in [0.1, 0.15) is 0 Å². The minimum absolute atomic E-state index is 0.0366. The van der Waals surface area contributed by atoms with E-state index < -0.39 is 0 Å². The molecule has 3 aromatic rings. The van der Waals surface area contributed by atoms with Crippen LogP contribution in [0.4, 0.5) is 11.4 Å². The summed E-state index contributed by atoms with van der Waals surface area (Å²) in [5, 5.41) is 2.19. The zero-order valence-corrected chi connectivity index (χ0v) is 11.8. The minimum Gasteiger partial charge on any atom is -0.399 e. The summed E-state index contributed by atoms with van der Waals surface area (Å²) in [4.78, 5) is 14.2. The maximum absolute atomic E-state index is 12.6. The molecule has 3 nitrogen and oxygen atoms in total. The normalized spacial score (nSPS) is 10.5. The second-order valence-electron chi connectivity index (χ2n) is 5.02. The summed E-state index contributed by atoms with van der Waals surface area (Å²) in [5.74, 6) is -0.0366. The van der Waals surface area contributed by atoms with Gasteiger partial charge in [0.05, 0.1) is 0 Å². The largest absolute Gasteiger partial charge is 0.399 e. The predicted molar refractivity (Wildman–Crippen MR) is 87.5 cm³/mol. The lowest BCUT2D eigenvalue weighted by atomic mass is 10.1. The zero-order valence-electron chi connectivity index (χ0n) is 11.8. The van der Waals surface area contributed by atoms with Crippen molar-refractivity contribution in [3.63, 3.8) is 0 Å². The van der Waals surface area contributed by atoms with Crippen LogP contribution in [-0.4, -0.2) is 13.0 Å². The molecule has 2 N–H and O–H groups in total. The van der Waals surface area contributed by atoms with E-state index >= 15 is 0 Å². The summed E-state index contributed by atoms with van der Waals surface area (Å²) in [6.45, 7) is 0. The van der Waals surface area contributed by atoms with Crippen molar-refractivity contribution in [2.45, 2.75) is 0 Å². The monoisotopic (exact) mass is 276 g/mol. The molecule has 0 saturated heterocycles. The van der Waals surface area contributed by atoms with Gasteiger partial charge < -0.3 is 10.6 Å². The number of hydrogen-bond donors (Lipinski definition) is 1. The predicted octanol–water partition coefficient (Wildman–Crippen LogP) is 3.70. The fraction of sp³-hybridized carbons (Fsp3) is 0.0556. The molecule has 0 aliphatic heterocycles. The molecular formula is C18H16N2O. The van der Waals surface area contributed by atoms with Gasteiger partial charge in [-0.05, 0) is 47.2 Å². The van der Waals surface area contributed by atoms with Crippen molar-refractivity contribution in [2.24, 2.45) is 0 Å². The Morgan fingerprint density at radius 1 is 0.905 bits per heavy atom. The van der Waals surface area contributed by atoms with Gasteiger partial charge in [0, 0.05) is 24.0 Å². The number of hydrogen-bond acceptors (Lipinski definition) is 2. The van der Waals surface area contributed by atoms with E-state index in [1.807, 2.05) is 54.6 Å². The van der Waals surface area contributed by atoms with Crippen LogP contribution in [0.3, 0.4) is 0 Å². The van der Waals surface area contributed by atoms with Crippen molar-refractivity contribution in [1.82, 2.24) is 0 Å². The molecule has 0 spiro atoms. The summed E-state index contributed by atoms with van der Waals surface area (Å²) in [6, 6.07) is 21.0. The fourth-order valence-electron chi connectivity index (χ4n) is 2.33. The molecule has 3 rings (SSSR count). The molecule has 21 heavy (non-hydrogen) atoms. The molecule has 1 amide bonds. The van der Waals surface area contributed by atoms with Crippen LogP contribution in [-0.2, 0) is 0 Å². The maximum atomic E-state index is 12.6. The first-order valence-electron chi connectivity index (χ1n) is 6.77. The molecule has 0 heterocycles. The first kappa shape index (κ1) is 13.2. The van der Waals surface area contributed by atoms with Gasteiger partial charge in [0.25, 0.3) is 5.91 Å². The van der Waals surface area contributed by atoms with Crippen LogP contribution in [0.2, 0.25) is 0 Å². The standard InChI is InChI=1S/C18H16N2O/c1-20(17-10-8-16(19)9-11-17)18(21)15-7-6-13-4-2-3-5-14(13)12-15/h2-12H,19H2,1H3. The Hall–Kier alpha value is -2.81. The molecule has 3 aromatic carbocycles. The highest BCUT2D eigenvalue weighted by Gasteiger charge is 2.13. The number of rotatable bonds is 2. The Balaban J connectivity index is 1.94. The van der Waals surface area contributed by atoms with E-state index in [2.05, 4.69) is 0 Å². The van der Waals surface area contributed by atoms with Crippen LogP contribution < -0.4 is 10.6 Å². The van der Waals surface area contributed by atoms with Crippen molar-refractivity contribution in [2.75, 3.05) is 17.7 Å². The Morgan fingerprint density at radius 3 is 2.29 bits per heavy atom. The summed E-state index contributed by atoms with van der Waals surface area (Å²) < 4.78 is 0. The van der Waals surface area contributed by atoms with E-state index in [1.54, 1.807) is 24.1 Å². The van der Waals surface area contributed by atoms with Crippen LogP contribution in [0.1, 0.15) is 10.4 Å². The summed E-state index contributed by atoms with van der Waals surface area (Å²) in [7, 11) is 1.77. The van der Waals surface area contributed by atoms with Crippen molar-refractivity contribution in [3.05, 3.63) is 72.3 Å². The van der Waals surface area contributed by atoms with E-state index in [9.17, 15) is 4.79 Å². The average Bonchev–Trinajstić information content (AvgIpc) is 2.54. The summed E-state index contributed by atoms with van der Waals surface area (Å²) in [5.41, 5.74) is 7.85. The number of carbonyl (C=O) groups excluding carboxylic acids is 1. The molecule has 104 valence electrons. The zero-order chi connectivity index (χ0) is 14.8. The molecule has 3 heteroatoms. The molecule has 0 aromatic heterocycles. The van der Waals surface area contributed by atoms with Gasteiger partial charge in [0.15, 0.2) is 0 Å². The number of nitrogens with zero attached hydrogens (tertiary/aromatic N) is 1. The molecule has 0 atom stereocenters. The van der Waals surface area contributed by atoms with E-state index in [1.165, 1.54) is 0 Å². The van der Waals surface area contributed by atoms with Gasteiger partial charge in [-0.1, -0.05) is 30.3 Å². The highest BCUT2D eigenvalue weighted by atomic mass is 16.2. The fourth-order valence-corrected chi connectivity index (χ4v) is 2.33. The van der Waals surface area contributed by atoms with Crippen molar-refractivity contribution in [3.8, 4) is 0 Å². The van der Waals surface area contributed by atoms with Gasteiger partial charge >= 0.3 is 0 Å². The number of nitrogens with two attached hydrogens (primary N) is 1. The molecule has 0 unspecified atom stereocenters. The Labute approximate surface area is 123 Å². The number of anilines is 2. The average molecular weight is 276 g/mol. The topological polar surface area (TPSA) is 46.3 Å². The smallest absolute Gasteiger partial charge is 0.258 e. The lowest BCUT2D eigenvalue weighted by molar-refractivity contribution is 0.0993. The van der Waals surface area contributed by atoms with E-state index in [0.717, 1.165) is 16.5 Å². The van der Waals surface area contributed by atoms with E-state index in [4.69, 9.17) is 5.73 Å². The number of fused-ring (bicyclic) bond motifs is 1. The van der Waals surface area contributed by atoms with Gasteiger partial charge in [-0.3, -0.25) is 4.79 Å². The van der Waals surface area contributed by atoms with Crippen LogP contribution >= 0.6 is 0 Å². The SMILES string of the molecule is CN(C(=O)c1ccc2ccccc2c1)c1ccc(N)cc1. The van der Waals surface area contributed by atoms with Crippen LogP contribution in [0.15, 0.2) is 66.7 Å². The Kier molecular flexibility index (Phi) is 3.32. The second kappa shape index (κ2) is 5.29. The van der Waals surface area contributed by atoms with Crippen molar-refractivity contribution in [1.29, 1.82) is 0 Å². The van der Waals surface area contributed by atoms with Gasteiger partial charge in [-0.2, -0.15) is 0 Å². The Morgan fingerprint density at radius 2 is 1.57 bits per heavy atom. The molecule has 0 aliphatic carbocycles. The highest BCUT2D eigenvalue weighted by Crippen LogP contribution is 2.20. The molecular weight excluding hydrogens is 260 g/mol. The quantitative estimate of drug-likeness (QED) is 0.725. The van der Waals surface area contributed by atoms with Gasteiger partial charge in [-0.25, -0.2) is 0 Å². The first-order valence-corrected chi connectivity index (χ1v) is 6.77. The van der Waals surface area contributed by atoms with Gasteiger partial charge in [-0.15, -0.1) is 0 Å². The van der Waals surface area contributed by atoms with E-state index in [0.29, 0.717) is 11.3 Å². The number of amides is 1. The third-order valence-electron chi connectivity index (χ3n) is 3.58. The van der Waals surface area contributed by atoms with Crippen LogP contribution in [0.5, 0.6) is 0 Å². The minimum atomic E-state index is -0.0366. The van der Waals surface area contributed by atoms with Crippen LogP contribution in [0, 0.1) is 0 Å². The van der Waals surface area contributed by atoms with Crippen molar-refractivity contribution < 1.29 is 4.79 Å². The highest BCUT2D eigenvalue weighted by molar-refractivity contribution is 6.07. The maximum Gasteiger partial charge on any atom is 0.258 e. The van der Waals surface area contributed by atoms with Gasteiger partial charge in [0.2, 0.25) is 0 Å². The molecule has 0 saturated carbocycles. The summed E-state index contributed by atoms with van der Waals surface area (Å²) >= 11 is 0. The molecule has 0 radical (unpaired) electrons. The molecule has 0 bridgehead atoms. The number of nitrogen functional groups attached to an aromatic ring is 1. The third kappa shape index (κ3) is 2.58. The first-order chi connectivity index (χ1) is 10.1. The lowest BCUT2D eigenvalue weighted by Crippen LogP contribution is -2.26.